The molecule has 5 nitrogen and oxygen atoms in total. The van der Waals surface area contributed by atoms with Crippen LogP contribution in [-0.4, -0.2) is 54.5 Å². The molecule has 1 heterocycles. The largest absolute Gasteiger partial charge is 0.504 e. The van der Waals surface area contributed by atoms with Crippen molar-refractivity contribution in [3.05, 3.63) is 24.3 Å². The van der Waals surface area contributed by atoms with Crippen LogP contribution < -0.4 is 4.74 Å². The molecular formula is C13H14F3NO4. The Morgan fingerprint density at radius 1 is 1.43 bits per heavy atom. The number of phenolic OH excluding ortho intramolecular Hbond substituents is 1. The quantitative estimate of drug-likeness (QED) is 0.921. The zero-order chi connectivity index (χ0) is 15.5. The van der Waals surface area contributed by atoms with Gasteiger partial charge in [0.25, 0.3) is 5.91 Å². The first kappa shape index (κ1) is 15.4. The Bertz CT molecular complexity index is 506. The topological polar surface area (TPSA) is 59.0 Å². The number of carbonyl (C=O) groups is 1. The first-order valence-electron chi connectivity index (χ1n) is 6.25. The van der Waals surface area contributed by atoms with E-state index in [4.69, 9.17) is 4.74 Å². The maximum atomic E-state index is 12.6. The summed E-state index contributed by atoms with van der Waals surface area (Å²) >= 11 is 0. The molecule has 0 bridgehead atoms. The SMILES string of the molecule is O=C(COc1ccccc1O)N1CCOC(C(F)(F)F)C1. The molecule has 0 spiro atoms. The Morgan fingerprint density at radius 3 is 2.81 bits per heavy atom. The lowest BCUT2D eigenvalue weighted by Crippen LogP contribution is -2.52. The minimum atomic E-state index is -4.50. The maximum absolute atomic E-state index is 12.6. The fourth-order valence-electron chi connectivity index (χ4n) is 1.88. The highest BCUT2D eigenvalue weighted by molar-refractivity contribution is 5.78. The number of nitrogens with zero attached hydrogens (tertiary/aromatic N) is 1. The van der Waals surface area contributed by atoms with E-state index >= 15 is 0 Å². The number of rotatable bonds is 3. The van der Waals surface area contributed by atoms with Crippen molar-refractivity contribution in [1.29, 1.82) is 0 Å². The average molecular weight is 305 g/mol. The molecular weight excluding hydrogens is 291 g/mol. The zero-order valence-electron chi connectivity index (χ0n) is 11.0. The second kappa shape index (κ2) is 6.21. The van der Waals surface area contributed by atoms with Crippen LogP contribution in [0.5, 0.6) is 11.5 Å². The Labute approximate surface area is 118 Å². The molecule has 1 saturated heterocycles. The molecule has 1 amide bonds. The number of alkyl halides is 3. The normalized spacial score (nSPS) is 19.4. The highest BCUT2D eigenvalue weighted by Crippen LogP contribution is 2.26. The van der Waals surface area contributed by atoms with Crippen molar-refractivity contribution < 1.29 is 32.5 Å². The van der Waals surface area contributed by atoms with Gasteiger partial charge in [0.05, 0.1) is 13.2 Å². The van der Waals surface area contributed by atoms with Crippen LogP contribution in [0.3, 0.4) is 0 Å². The van der Waals surface area contributed by atoms with Crippen molar-refractivity contribution in [2.75, 3.05) is 26.3 Å². The number of phenols is 1. The van der Waals surface area contributed by atoms with Gasteiger partial charge >= 0.3 is 6.18 Å². The molecule has 1 aromatic rings. The summed E-state index contributed by atoms with van der Waals surface area (Å²) in [4.78, 5) is 12.9. The molecule has 21 heavy (non-hydrogen) atoms. The summed E-state index contributed by atoms with van der Waals surface area (Å²) < 4.78 is 47.4. The van der Waals surface area contributed by atoms with Crippen LogP contribution in [0.2, 0.25) is 0 Å². The molecule has 1 aliphatic heterocycles. The number of halogens is 3. The smallest absolute Gasteiger partial charge is 0.416 e. The minimum Gasteiger partial charge on any atom is -0.504 e. The molecule has 0 aliphatic carbocycles. The summed E-state index contributed by atoms with van der Waals surface area (Å²) in [5.41, 5.74) is 0. The van der Waals surface area contributed by atoms with Gasteiger partial charge in [-0.1, -0.05) is 12.1 Å². The van der Waals surface area contributed by atoms with Gasteiger partial charge in [-0.25, -0.2) is 0 Å². The fraction of sp³-hybridized carbons (Fsp3) is 0.462. The highest BCUT2D eigenvalue weighted by atomic mass is 19.4. The van der Waals surface area contributed by atoms with Gasteiger partial charge in [0.2, 0.25) is 0 Å². The van der Waals surface area contributed by atoms with E-state index in [1.807, 2.05) is 0 Å². The summed E-state index contributed by atoms with van der Waals surface area (Å²) in [7, 11) is 0. The molecule has 8 heteroatoms. The second-order valence-electron chi connectivity index (χ2n) is 4.50. The minimum absolute atomic E-state index is 0.0789. The first-order chi connectivity index (χ1) is 9.88. The number of aromatic hydroxyl groups is 1. The van der Waals surface area contributed by atoms with Crippen LogP contribution >= 0.6 is 0 Å². The van der Waals surface area contributed by atoms with Gasteiger partial charge < -0.3 is 19.5 Å². The van der Waals surface area contributed by atoms with E-state index in [2.05, 4.69) is 4.74 Å². The lowest BCUT2D eigenvalue weighted by Gasteiger charge is -2.33. The summed E-state index contributed by atoms with van der Waals surface area (Å²) in [5, 5.41) is 9.46. The van der Waals surface area contributed by atoms with Crippen molar-refractivity contribution in [2.24, 2.45) is 0 Å². The van der Waals surface area contributed by atoms with Gasteiger partial charge in [-0.2, -0.15) is 13.2 Å². The van der Waals surface area contributed by atoms with Gasteiger partial charge in [0, 0.05) is 6.54 Å². The molecule has 1 N–H and O–H groups in total. The second-order valence-corrected chi connectivity index (χ2v) is 4.50. The predicted octanol–water partition coefficient (Wildman–Crippen LogP) is 1.56. The third-order valence-corrected chi connectivity index (χ3v) is 3.00. The summed E-state index contributed by atoms with van der Waals surface area (Å²) in [6.07, 6.45) is -6.47. The molecule has 2 rings (SSSR count). The van der Waals surface area contributed by atoms with E-state index in [1.54, 1.807) is 12.1 Å². The zero-order valence-corrected chi connectivity index (χ0v) is 11.0. The number of morpholine rings is 1. The van der Waals surface area contributed by atoms with E-state index in [0.29, 0.717) is 0 Å². The van der Waals surface area contributed by atoms with E-state index < -0.39 is 31.3 Å². The van der Waals surface area contributed by atoms with Crippen molar-refractivity contribution in [3.63, 3.8) is 0 Å². The molecule has 1 unspecified atom stereocenters. The van der Waals surface area contributed by atoms with Crippen LogP contribution in [0.15, 0.2) is 24.3 Å². The van der Waals surface area contributed by atoms with E-state index in [9.17, 15) is 23.1 Å². The van der Waals surface area contributed by atoms with Crippen molar-refractivity contribution >= 4 is 5.91 Å². The number of carbonyl (C=O) groups excluding carboxylic acids is 1. The number of ether oxygens (including phenoxy) is 2. The van der Waals surface area contributed by atoms with Crippen LogP contribution in [0.4, 0.5) is 13.2 Å². The predicted molar refractivity (Wildman–Crippen MR) is 66.0 cm³/mol. The van der Waals surface area contributed by atoms with Crippen LogP contribution in [-0.2, 0) is 9.53 Å². The van der Waals surface area contributed by atoms with Gasteiger partial charge in [0.15, 0.2) is 24.2 Å². The van der Waals surface area contributed by atoms with Crippen molar-refractivity contribution in [3.8, 4) is 11.5 Å². The van der Waals surface area contributed by atoms with Crippen molar-refractivity contribution in [2.45, 2.75) is 12.3 Å². The van der Waals surface area contributed by atoms with E-state index in [-0.39, 0.29) is 24.7 Å². The summed E-state index contributed by atoms with van der Waals surface area (Å²) in [6, 6.07) is 6.03. The number of para-hydroxylation sites is 2. The molecule has 1 aliphatic rings. The third-order valence-electron chi connectivity index (χ3n) is 3.00. The van der Waals surface area contributed by atoms with Crippen LogP contribution in [0.25, 0.3) is 0 Å². The van der Waals surface area contributed by atoms with Gasteiger partial charge in [-0.3, -0.25) is 4.79 Å². The average Bonchev–Trinajstić information content (AvgIpc) is 2.45. The van der Waals surface area contributed by atoms with Crippen molar-refractivity contribution in [1.82, 2.24) is 4.90 Å². The molecule has 1 fully saturated rings. The van der Waals surface area contributed by atoms with E-state index in [0.717, 1.165) is 4.90 Å². The molecule has 0 aromatic heterocycles. The molecule has 116 valence electrons. The Balaban J connectivity index is 1.90. The third kappa shape index (κ3) is 4.01. The van der Waals surface area contributed by atoms with E-state index in [1.165, 1.54) is 12.1 Å². The first-order valence-corrected chi connectivity index (χ1v) is 6.25. The number of benzene rings is 1. The number of amides is 1. The molecule has 1 atom stereocenters. The highest BCUT2D eigenvalue weighted by Gasteiger charge is 2.44. The molecule has 1 aromatic carbocycles. The lowest BCUT2D eigenvalue weighted by atomic mass is 10.2. The Kier molecular flexibility index (Phi) is 4.56. The standard InChI is InChI=1S/C13H14F3NO4/c14-13(15,16)11-7-17(5-6-20-11)12(19)8-21-10-4-2-1-3-9(10)18/h1-4,11,18H,5-8H2. The summed E-state index contributed by atoms with van der Waals surface area (Å²) in [6.45, 7) is -1.09. The fourth-order valence-corrected chi connectivity index (χ4v) is 1.88. The van der Waals surface area contributed by atoms with Crippen LogP contribution in [0, 0.1) is 0 Å². The van der Waals surface area contributed by atoms with Gasteiger partial charge in [0.1, 0.15) is 0 Å². The lowest BCUT2D eigenvalue weighted by molar-refractivity contribution is -0.236. The number of hydrogen-bond acceptors (Lipinski definition) is 4. The molecule has 0 radical (unpaired) electrons. The number of hydrogen-bond donors (Lipinski definition) is 1. The summed E-state index contributed by atoms with van der Waals surface area (Å²) in [5.74, 6) is -0.622. The van der Waals surface area contributed by atoms with Crippen LogP contribution in [0.1, 0.15) is 0 Å². The monoisotopic (exact) mass is 305 g/mol. The van der Waals surface area contributed by atoms with Gasteiger partial charge in [-0.05, 0) is 12.1 Å². The Hall–Kier alpha value is -1.96. The van der Waals surface area contributed by atoms with Gasteiger partial charge in [-0.15, -0.1) is 0 Å². The molecule has 0 saturated carbocycles. The maximum Gasteiger partial charge on any atom is 0.416 e. The Morgan fingerprint density at radius 2 is 2.14 bits per heavy atom.